The molecule has 2 rings (SSSR count). The van der Waals surface area contributed by atoms with E-state index in [9.17, 15) is 10.1 Å². The summed E-state index contributed by atoms with van der Waals surface area (Å²) in [6, 6.07) is 11.4. The maximum absolute atomic E-state index is 10.7. The summed E-state index contributed by atoms with van der Waals surface area (Å²) >= 11 is 1.52. The van der Waals surface area contributed by atoms with Crippen molar-refractivity contribution in [3.05, 3.63) is 52.1 Å². The molecule has 1 aromatic carbocycles. The molecule has 0 fully saturated rings. The molecular weight excluding hydrogens is 236 g/mol. The molecule has 0 aliphatic rings. The van der Waals surface area contributed by atoms with Crippen molar-refractivity contribution in [2.45, 2.75) is 16.8 Å². The van der Waals surface area contributed by atoms with Gasteiger partial charge in [-0.25, -0.2) is 4.57 Å². The van der Waals surface area contributed by atoms with Crippen LogP contribution in [-0.4, -0.2) is 9.49 Å². The molecule has 0 unspecified atom stereocenters. The topological polar surface area (TPSA) is 48.1 Å². The average molecular weight is 248 g/mol. The van der Waals surface area contributed by atoms with E-state index in [-0.39, 0.29) is 10.7 Å². The Morgan fingerprint density at radius 2 is 1.82 bits per heavy atom. The Morgan fingerprint density at radius 1 is 1.18 bits per heavy atom. The first-order chi connectivity index (χ1) is 8.08. The molecule has 0 N–H and O–H groups in total. The normalized spacial score (nSPS) is 10.5. The first kappa shape index (κ1) is 11.7. The van der Waals surface area contributed by atoms with E-state index in [0.29, 0.717) is 0 Å². The fraction of sp³-hybridized carbons (Fsp3) is 0.167. The van der Waals surface area contributed by atoms with Crippen LogP contribution in [0.25, 0.3) is 0 Å². The maximum Gasteiger partial charge on any atom is 0.323 e. The maximum atomic E-state index is 10.7. The third-order valence-electron chi connectivity index (χ3n) is 2.48. The van der Waals surface area contributed by atoms with E-state index in [4.69, 9.17) is 0 Å². The van der Waals surface area contributed by atoms with E-state index < -0.39 is 0 Å². The monoisotopic (exact) mass is 248 g/mol. The number of hydrogen-bond donors (Lipinski definition) is 0. The van der Waals surface area contributed by atoms with Gasteiger partial charge in [0, 0.05) is 17.0 Å². The molecule has 0 radical (unpaired) electrons. The highest BCUT2D eigenvalue weighted by Crippen LogP contribution is 2.30. The number of rotatable bonds is 3. The second-order valence-corrected chi connectivity index (χ2v) is 4.85. The molecule has 0 aliphatic heterocycles. The van der Waals surface area contributed by atoms with Gasteiger partial charge in [-0.05, 0) is 35.7 Å². The number of nitro groups is 1. The summed E-state index contributed by atoms with van der Waals surface area (Å²) in [7, 11) is 1.70. The van der Waals surface area contributed by atoms with Gasteiger partial charge in [0.05, 0.1) is 7.05 Å². The highest BCUT2D eigenvalue weighted by molar-refractivity contribution is 7.99. The number of benzene rings is 1. The van der Waals surface area contributed by atoms with Crippen LogP contribution in [0.3, 0.4) is 0 Å². The standard InChI is InChI=1S/C12H12N2O2S/c1-9-3-5-10(6-4-9)17-12-8-7-11(13(12)2)14(15)16/h3-8H,1-2H3. The van der Waals surface area contributed by atoms with Gasteiger partial charge >= 0.3 is 5.82 Å². The van der Waals surface area contributed by atoms with E-state index in [0.717, 1.165) is 9.92 Å². The Morgan fingerprint density at radius 3 is 2.35 bits per heavy atom. The van der Waals surface area contributed by atoms with Gasteiger partial charge < -0.3 is 10.1 Å². The smallest absolute Gasteiger partial charge is 0.323 e. The first-order valence-electron chi connectivity index (χ1n) is 5.12. The molecule has 0 amide bonds. The summed E-state index contributed by atoms with van der Waals surface area (Å²) in [6.07, 6.45) is 0. The fourth-order valence-electron chi connectivity index (χ4n) is 1.50. The molecule has 0 atom stereocenters. The van der Waals surface area contributed by atoms with Crippen LogP contribution >= 0.6 is 11.8 Å². The molecule has 5 heteroatoms. The predicted octanol–water partition coefficient (Wildman–Crippen LogP) is 3.39. The highest BCUT2D eigenvalue weighted by Gasteiger charge is 2.15. The molecule has 1 aromatic heterocycles. The van der Waals surface area contributed by atoms with Crippen molar-refractivity contribution in [3.63, 3.8) is 0 Å². The summed E-state index contributed by atoms with van der Waals surface area (Å²) in [5.74, 6) is 0.111. The van der Waals surface area contributed by atoms with Crippen LogP contribution in [0.15, 0.2) is 46.3 Å². The molecule has 2 aromatic rings. The van der Waals surface area contributed by atoms with Gasteiger partial charge in [-0.3, -0.25) is 0 Å². The minimum atomic E-state index is -0.376. The summed E-state index contributed by atoms with van der Waals surface area (Å²) in [4.78, 5) is 11.4. The first-order valence-corrected chi connectivity index (χ1v) is 5.94. The lowest BCUT2D eigenvalue weighted by Gasteiger charge is -2.01. The zero-order valence-corrected chi connectivity index (χ0v) is 10.4. The fourth-order valence-corrected chi connectivity index (χ4v) is 2.38. The van der Waals surface area contributed by atoms with Gasteiger partial charge in [0.25, 0.3) is 0 Å². The van der Waals surface area contributed by atoms with Crippen LogP contribution in [0.2, 0.25) is 0 Å². The molecule has 0 bridgehead atoms. The van der Waals surface area contributed by atoms with Crippen LogP contribution in [0.4, 0.5) is 5.82 Å². The molecule has 17 heavy (non-hydrogen) atoms. The van der Waals surface area contributed by atoms with Crippen molar-refractivity contribution in [3.8, 4) is 0 Å². The van der Waals surface area contributed by atoms with E-state index >= 15 is 0 Å². The van der Waals surface area contributed by atoms with Crippen LogP contribution in [-0.2, 0) is 7.05 Å². The average Bonchev–Trinajstić information content (AvgIpc) is 2.64. The number of nitrogens with zero attached hydrogens (tertiary/aromatic N) is 2. The Kier molecular flexibility index (Phi) is 3.19. The van der Waals surface area contributed by atoms with Crippen LogP contribution in [0.5, 0.6) is 0 Å². The van der Waals surface area contributed by atoms with Gasteiger partial charge in [0.15, 0.2) is 5.03 Å². The summed E-state index contributed by atoms with van der Waals surface area (Å²) < 4.78 is 1.59. The molecule has 0 aliphatic carbocycles. The van der Waals surface area contributed by atoms with E-state index in [2.05, 4.69) is 0 Å². The molecule has 0 saturated heterocycles. The van der Waals surface area contributed by atoms with Gasteiger partial charge in [0.1, 0.15) is 0 Å². The third-order valence-corrected chi connectivity index (χ3v) is 3.61. The predicted molar refractivity (Wildman–Crippen MR) is 67.4 cm³/mol. The SMILES string of the molecule is Cc1ccc(Sc2ccc([N+](=O)[O-])n2C)cc1. The Balaban J connectivity index is 2.24. The zero-order valence-electron chi connectivity index (χ0n) is 9.58. The number of aromatic nitrogens is 1. The minimum Gasteiger partial charge on any atom is -0.358 e. The molecule has 1 heterocycles. The summed E-state index contributed by atoms with van der Waals surface area (Å²) in [5.41, 5.74) is 1.20. The summed E-state index contributed by atoms with van der Waals surface area (Å²) in [5, 5.41) is 11.6. The van der Waals surface area contributed by atoms with Crippen molar-refractivity contribution in [2.24, 2.45) is 7.05 Å². The highest BCUT2D eigenvalue weighted by atomic mass is 32.2. The molecule has 88 valence electrons. The Labute approximate surface area is 103 Å². The molecule has 0 spiro atoms. The molecular formula is C12H12N2O2S. The minimum absolute atomic E-state index is 0.111. The Hall–Kier alpha value is -1.75. The van der Waals surface area contributed by atoms with Gasteiger partial charge in [0.2, 0.25) is 0 Å². The van der Waals surface area contributed by atoms with E-state index in [1.54, 1.807) is 17.7 Å². The second kappa shape index (κ2) is 4.63. The van der Waals surface area contributed by atoms with Crippen molar-refractivity contribution in [1.29, 1.82) is 0 Å². The largest absolute Gasteiger partial charge is 0.358 e. The zero-order chi connectivity index (χ0) is 12.4. The number of aryl methyl sites for hydroxylation is 1. The molecule has 0 saturated carbocycles. The van der Waals surface area contributed by atoms with Crippen molar-refractivity contribution in [1.82, 2.24) is 4.57 Å². The summed E-state index contributed by atoms with van der Waals surface area (Å²) in [6.45, 7) is 2.03. The van der Waals surface area contributed by atoms with Gasteiger partial charge in [-0.15, -0.1) is 0 Å². The third kappa shape index (κ3) is 2.50. The van der Waals surface area contributed by atoms with Crippen LogP contribution < -0.4 is 0 Å². The molecule has 4 nitrogen and oxygen atoms in total. The van der Waals surface area contributed by atoms with Crippen molar-refractivity contribution >= 4 is 17.6 Å². The quantitative estimate of drug-likeness (QED) is 0.618. The van der Waals surface area contributed by atoms with Crippen LogP contribution in [0.1, 0.15) is 5.56 Å². The van der Waals surface area contributed by atoms with Gasteiger partial charge in [-0.1, -0.05) is 17.7 Å². The lowest BCUT2D eigenvalue weighted by Crippen LogP contribution is -1.97. The number of hydrogen-bond acceptors (Lipinski definition) is 3. The van der Waals surface area contributed by atoms with Crippen LogP contribution in [0, 0.1) is 17.0 Å². The van der Waals surface area contributed by atoms with Crippen molar-refractivity contribution in [2.75, 3.05) is 0 Å². The lowest BCUT2D eigenvalue weighted by molar-refractivity contribution is -0.392. The van der Waals surface area contributed by atoms with E-state index in [1.807, 2.05) is 31.2 Å². The Bertz CT molecular complexity index is 546. The van der Waals surface area contributed by atoms with Crippen molar-refractivity contribution < 1.29 is 4.92 Å². The lowest BCUT2D eigenvalue weighted by atomic mass is 10.2. The van der Waals surface area contributed by atoms with E-state index in [1.165, 1.54) is 23.4 Å². The van der Waals surface area contributed by atoms with Gasteiger partial charge in [-0.2, -0.15) is 0 Å². The second-order valence-electron chi connectivity index (χ2n) is 3.76.